The van der Waals surface area contributed by atoms with Gasteiger partial charge in [-0.05, 0) is 30.5 Å². The van der Waals surface area contributed by atoms with Gasteiger partial charge in [0.25, 0.3) is 0 Å². The zero-order valence-corrected chi connectivity index (χ0v) is 10.8. The second kappa shape index (κ2) is 5.62. The van der Waals surface area contributed by atoms with Crippen molar-refractivity contribution in [2.75, 3.05) is 0 Å². The first-order valence-corrected chi connectivity index (χ1v) is 6.05. The van der Waals surface area contributed by atoms with Gasteiger partial charge in [-0.25, -0.2) is 0 Å². The predicted octanol–water partition coefficient (Wildman–Crippen LogP) is 2.50. The summed E-state index contributed by atoms with van der Waals surface area (Å²) in [5.41, 5.74) is 0.376. The van der Waals surface area contributed by atoms with Gasteiger partial charge in [-0.2, -0.15) is 18.3 Å². The average molecular weight is 285 g/mol. The predicted molar refractivity (Wildman–Crippen MR) is 65.7 cm³/mol. The molecule has 2 aromatic rings. The van der Waals surface area contributed by atoms with Crippen LogP contribution in [0.3, 0.4) is 0 Å². The zero-order chi connectivity index (χ0) is 14.8. The minimum absolute atomic E-state index is 0.238. The Kier molecular flexibility index (Phi) is 4.08. The number of halogens is 3. The van der Waals surface area contributed by atoms with Crippen molar-refractivity contribution in [2.24, 2.45) is 7.05 Å². The fourth-order valence-electron chi connectivity index (χ4n) is 1.82. The van der Waals surface area contributed by atoms with Gasteiger partial charge in [-0.3, -0.25) is 9.67 Å². The molecule has 0 spiro atoms. The summed E-state index contributed by atoms with van der Waals surface area (Å²) in [4.78, 5) is 3.67. The molecule has 4 nitrogen and oxygen atoms in total. The first-order chi connectivity index (χ1) is 9.36. The minimum atomic E-state index is -4.41. The second-order valence-electron chi connectivity index (χ2n) is 4.55. The largest absolute Gasteiger partial charge is 0.417 e. The SMILES string of the molecule is Cn1cc(CCC(O)c2ccc(C(F)(F)F)cn2)cn1. The van der Waals surface area contributed by atoms with Gasteiger partial charge >= 0.3 is 6.18 Å². The molecule has 0 saturated carbocycles. The molecule has 0 saturated heterocycles. The van der Waals surface area contributed by atoms with Crippen LogP contribution < -0.4 is 0 Å². The maximum absolute atomic E-state index is 12.4. The van der Waals surface area contributed by atoms with Crippen LogP contribution in [0.4, 0.5) is 13.2 Å². The Labute approximate surface area is 113 Å². The lowest BCUT2D eigenvalue weighted by Gasteiger charge is -2.11. The molecule has 0 bridgehead atoms. The third kappa shape index (κ3) is 3.57. The third-order valence-electron chi connectivity index (χ3n) is 2.92. The van der Waals surface area contributed by atoms with Crippen molar-refractivity contribution < 1.29 is 18.3 Å². The van der Waals surface area contributed by atoms with Crippen molar-refractivity contribution in [1.29, 1.82) is 0 Å². The number of hydrogen-bond donors (Lipinski definition) is 1. The van der Waals surface area contributed by atoms with Crippen LogP contribution in [-0.2, 0) is 19.6 Å². The minimum Gasteiger partial charge on any atom is -0.387 e. The first-order valence-electron chi connectivity index (χ1n) is 6.05. The van der Waals surface area contributed by atoms with Crippen molar-refractivity contribution in [3.05, 3.63) is 47.5 Å². The molecule has 0 aromatic carbocycles. The summed E-state index contributed by atoms with van der Waals surface area (Å²) in [6.07, 6.45) is -0.0892. The maximum Gasteiger partial charge on any atom is 0.417 e. The van der Waals surface area contributed by atoms with Gasteiger partial charge in [0, 0.05) is 19.4 Å². The lowest BCUT2D eigenvalue weighted by atomic mass is 10.1. The van der Waals surface area contributed by atoms with E-state index >= 15 is 0 Å². The van der Waals surface area contributed by atoms with E-state index in [9.17, 15) is 18.3 Å². The Bertz CT molecular complexity index is 563. The molecule has 108 valence electrons. The Balaban J connectivity index is 1.97. The number of pyridine rings is 1. The van der Waals surface area contributed by atoms with E-state index in [1.54, 1.807) is 17.9 Å². The summed E-state index contributed by atoms with van der Waals surface area (Å²) in [6, 6.07) is 2.13. The van der Waals surface area contributed by atoms with E-state index in [4.69, 9.17) is 0 Å². The van der Waals surface area contributed by atoms with Crippen LogP contribution in [-0.4, -0.2) is 19.9 Å². The van der Waals surface area contributed by atoms with Crippen LogP contribution in [0.5, 0.6) is 0 Å². The fourth-order valence-corrected chi connectivity index (χ4v) is 1.82. The summed E-state index contributed by atoms with van der Waals surface area (Å²) < 4.78 is 38.8. The van der Waals surface area contributed by atoms with Crippen LogP contribution >= 0.6 is 0 Å². The molecule has 0 fully saturated rings. The molecule has 1 unspecified atom stereocenters. The van der Waals surface area contributed by atoms with Crippen LogP contribution in [0.15, 0.2) is 30.7 Å². The van der Waals surface area contributed by atoms with Crippen LogP contribution in [0.1, 0.15) is 29.3 Å². The molecule has 2 heterocycles. The lowest BCUT2D eigenvalue weighted by molar-refractivity contribution is -0.137. The number of nitrogens with zero attached hydrogens (tertiary/aromatic N) is 3. The van der Waals surface area contributed by atoms with Gasteiger partial charge in [0.15, 0.2) is 0 Å². The molecule has 0 aliphatic rings. The van der Waals surface area contributed by atoms with E-state index in [0.717, 1.165) is 17.8 Å². The van der Waals surface area contributed by atoms with Crippen molar-refractivity contribution in [2.45, 2.75) is 25.1 Å². The summed E-state index contributed by atoms with van der Waals surface area (Å²) in [6.45, 7) is 0. The monoisotopic (exact) mass is 285 g/mol. The van der Waals surface area contributed by atoms with Gasteiger partial charge in [0.1, 0.15) is 0 Å². The number of aliphatic hydroxyl groups is 1. The highest BCUT2D eigenvalue weighted by Gasteiger charge is 2.30. The zero-order valence-electron chi connectivity index (χ0n) is 10.8. The molecule has 0 radical (unpaired) electrons. The number of rotatable bonds is 4. The van der Waals surface area contributed by atoms with Crippen LogP contribution in [0.2, 0.25) is 0 Å². The molecule has 20 heavy (non-hydrogen) atoms. The number of aromatic nitrogens is 3. The number of aliphatic hydroxyl groups excluding tert-OH is 1. The van der Waals surface area contributed by atoms with Gasteiger partial charge in [0.05, 0.1) is 23.6 Å². The van der Waals surface area contributed by atoms with Gasteiger partial charge in [0.2, 0.25) is 0 Å². The Morgan fingerprint density at radius 1 is 1.30 bits per heavy atom. The van der Waals surface area contributed by atoms with E-state index in [1.165, 1.54) is 6.07 Å². The number of hydrogen-bond acceptors (Lipinski definition) is 3. The summed E-state index contributed by atoms with van der Waals surface area (Å²) in [7, 11) is 1.79. The molecule has 2 rings (SSSR count). The molecule has 1 N–H and O–H groups in total. The van der Waals surface area contributed by atoms with Crippen LogP contribution in [0, 0.1) is 0 Å². The Hall–Kier alpha value is -1.89. The standard InChI is InChI=1S/C13H14F3N3O/c1-19-8-9(6-18-19)2-5-12(20)11-4-3-10(7-17-11)13(14,15)16/h3-4,6-8,12,20H,2,5H2,1H3. The second-order valence-corrected chi connectivity index (χ2v) is 4.55. The quantitative estimate of drug-likeness (QED) is 0.939. The molecule has 2 aromatic heterocycles. The topological polar surface area (TPSA) is 50.9 Å². The highest BCUT2D eigenvalue weighted by molar-refractivity contribution is 5.18. The summed E-state index contributed by atoms with van der Waals surface area (Å²) >= 11 is 0. The molecule has 0 amide bonds. The molecule has 1 atom stereocenters. The maximum atomic E-state index is 12.4. The summed E-state index contributed by atoms with van der Waals surface area (Å²) in [5.74, 6) is 0. The van der Waals surface area contributed by atoms with Gasteiger partial charge < -0.3 is 5.11 Å². The molecular weight excluding hydrogens is 271 g/mol. The molecule has 7 heteroatoms. The number of aryl methyl sites for hydroxylation is 2. The van der Waals surface area contributed by atoms with Crippen LogP contribution in [0.25, 0.3) is 0 Å². The normalized spacial score (nSPS) is 13.4. The van der Waals surface area contributed by atoms with Crippen molar-refractivity contribution in [3.63, 3.8) is 0 Å². The molecule has 0 aliphatic heterocycles. The average Bonchev–Trinajstić information content (AvgIpc) is 2.81. The fraction of sp³-hybridized carbons (Fsp3) is 0.385. The van der Waals surface area contributed by atoms with E-state index in [2.05, 4.69) is 10.1 Å². The van der Waals surface area contributed by atoms with E-state index < -0.39 is 17.8 Å². The Morgan fingerprint density at radius 3 is 2.55 bits per heavy atom. The molecule has 0 aliphatic carbocycles. The molecular formula is C13H14F3N3O. The van der Waals surface area contributed by atoms with E-state index in [1.807, 2.05) is 6.20 Å². The third-order valence-corrected chi connectivity index (χ3v) is 2.92. The first kappa shape index (κ1) is 14.5. The Morgan fingerprint density at radius 2 is 2.05 bits per heavy atom. The van der Waals surface area contributed by atoms with Gasteiger partial charge in [-0.1, -0.05) is 0 Å². The van der Waals surface area contributed by atoms with Crippen molar-refractivity contribution in [3.8, 4) is 0 Å². The smallest absolute Gasteiger partial charge is 0.387 e. The van der Waals surface area contributed by atoms with Crippen molar-refractivity contribution >= 4 is 0 Å². The lowest BCUT2D eigenvalue weighted by Crippen LogP contribution is -2.08. The summed E-state index contributed by atoms with van der Waals surface area (Å²) in [5, 5.41) is 13.9. The van der Waals surface area contributed by atoms with E-state index in [-0.39, 0.29) is 5.69 Å². The highest BCUT2D eigenvalue weighted by Crippen LogP contribution is 2.29. The van der Waals surface area contributed by atoms with Crippen molar-refractivity contribution in [1.82, 2.24) is 14.8 Å². The highest BCUT2D eigenvalue weighted by atomic mass is 19.4. The van der Waals surface area contributed by atoms with E-state index in [0.29, 0.717) is 12.8 Å². The number of alkyl halides is 3. The van der Waals surface area contributed by atoms with Gasteiger partial charge in [-0.15, -0.1) is 0 Å².